The maximum Gasteiger partial charge on any atom is 0.233 e. The van der Waals surface area contributed by atoms with Gasteiger partial charge in [-0.1, -0.05) is 36.9 Å². The maximum absolute atomic E-state index is 13.2. The first kappa shape index (κ1) is 23.7. The van der Waals surface area contributed by atoms with Crippen LogP contribution < -0.4 is 9.80 Å². The molecule has 2 aromatic heterocycles. The molecule has 1 fully saturated rings. The Morgan fingerprint density at radius 1 is 1.09 bits per heavy atom. The Morgan fingerprint density at radius 3 is 2.45 bits per heavy atom. The van der Waals surface area contributed by atoms with Gasteiger partial charge in [0.25, 0.3) is 0 Å². The Balaban J connectivity index is 1.36. The molecule has 1 amide bonds. The molecule has 1 saturated heterocycles. The van der Waals surface area contributed by atoms with E-state index in [0.29, 0.717) is 24.5 Å². The SMILES string of the molecule is CCCN(CCC)c1nc2ncnc(SCC(=O)N3CCN(c4ccc(F)cc4)CC3)c2s1. The minimum Gasteiger partial charge on any atom is -0.368 e. The lowest BCUT2D eigenvalue weighted by Gasteiger charge is -2.36. The van der Waals surface area contributed by atoms with Crippen LogP contribution in [-0.2, 0) is 4.79 Å². The molecule has 176 valence electrons. The highest BCUT2D eigenvalue weighted by Gasteiger charge is 2.22. The zero-order chi connectivity index (χ0) is 23.2. The second-order valence-electron chi connectivity index (χ2n) is 7.95. The number of amides is 1. The lowest BCUT2D eigenvalue weighted by atomic mass is 10.2. The van der Waals surface area contributed by atoms with Gasteiger partial charge in [0.2, 0.25) is 5.91 Å². The van der Waals surface area contributed by atoms with Crippen molar-refractivity contribution in [3.8, 4) is 0 Å². The third kappa shape index (κ3) is 5.73. The number of thiazole rings is 1. The molecule has 0 bridgehead atoms. The van der Waals surface area contributed by atoms with Gasteiger partial charge < -0.3 is 14.7 Å². The number of halogens is 1. The highest BCUT2D eigenvalue weighted by Crippen LogP contribution is 2.34. The number of thioether (sulfide) groups is 1. The molecule has 3 aromatic rings. The van der Waals surface area contributed by atoms with Gasteiger partial charge in [-0.25, -0.2) is 14.4 Å². The van der Waals surface area contributed by atoms with Gasteiger partial charge in [-0.15, -0.1) is 0 Å². The standard InChI is InChI=1S/C23H29FN6OS2/c1-3-9-30(10-4-2)23-27-21-20(33-23)22(26-16-25-21)32-15-19(31)29-13-11-28(12-14-29)18-7-5-17(24)6-8-18/h5-8,16H,3-4,9-15H2,1-2H3. The van der Waals surface area contributed by atoms with Crippen LogP contribution in [0.3, 0.4) is 0 Å². The summed E-state index contributed by atoms with van der Waals surface area (Å²) in [6.45, 7) is 9.06. The average molecular weight is 489 g/mol. The van der Waals surface area contributed by atoms with E-state index in [2.05, 4.69) is 33.6 Å². The third-order valence-corrected chi connectivity index (χ3v) is 7.78. The molecule has 0 unspecified atom stereocenters. The minimum atomic E-state index is -0.236. The van der Waals surface area contributed by atoms with E-state index in [-0.39, 0.29) is 11.7 Å². The van der Waals surface area contributed by atoms with Crippen molar-refractivity contribution in [3.63, 3.8) is 0 Å². The number of hydrogen-bond donors (Lipinski definition) is 0. The van der Waals surface area contributed by atoms with Crippen molar-refractivity contribution in [2.75, 3.05) is 54.8 Å². The van der Waals surface area contributed by atoms with Crippen molar-refractivity contribution in [2.24, 2.45) is 0 Å². The molecule has 1 aliphatic heterocycles. The van der Waals surface area contributed by atoms with Crippen molar-refractivity contribution in [1.82, 2.24) is 19.9 Å². The van der Waals surface area contributed by atoms with Crippen molar-refractivity contribution < 1.29 is 9.18 Å². The predicted molar refractivity (Wildman–Crippen MR) is 134 cm³/mol. The van der Waals surface area contributed by atoms with Crippen LogP contribution in [0, 0.1) is 5.82 Å². The molecule has 0 N–H and O–H groups in total. The summed E-state index contributed by atoms with van der Waals surface area (Å²) in [6, 6.07) is 6.52. The van der Waals surface area contributed by atoms with Gasteiger partial charge in [0, 0.05) is 45.0 Å². The molecule has 10 heteroatoms. The Bertz CT molecular complexity index is 1060. The molecule has 0 saturated carbocycles. The lowest BCUT2D eigenvalue weighted by molar-refractivity contribution is -0.128. The molecular formula is C23H29FN6OS2. The topological polar surface area (TPSA) is 65.5 Å². The fourth-order valence-corrected chi connectivity index (χ4v) is 5.94. The summed E-state index contributed by atoms with van der Waals surface area (Å²) in [6.07, 6.45) is 3.66. The van der Waals surface area contributed by atoms with Crippen LogP contribution in [0.5, 0.6) is 0 Å². The molecule has 1 aromatic carbocycles. The van der Waals surface area contributed by atoms with Gasteiger partial charge in [0.15, 0.2) is 10.8 Å². The van der Waals surface area contributed by atoms with Crippen molar-refractivity contribution >= 4 is 50.2 Å². The molecule has 0 spiro atoms. The number of hydrogen-bond acceptors (Lipinski definition) is 8. The number of carbonyl (C=O) groups is 1. The van der Waals surface area contributed by atoms with Gasteiger partial charge in [-0.3, -0.25) is 4.79 Å². The normalized spacial score (nSPS) is 14.2. The Labute approximate surface area is 202 Å². The zero-order valence-electron chi connectivity index (χ0n) is 19.0. The number of nitrogens with zero attached hydrogens (tertiary/aromatic N) is 6. The number of benzene rings is 1. The van der Waals surface area contributed by atoms with Crippen LogP contribution >= 0.6 is 23.1 Å². The van der Waals surface area contributed by atoms with Crippen LogP contribution in [-0.4, -0.2) is 70.8 Å². The summed E-state index contributed by atoms with van der Waals surface area (Å²) in [5.74, 6) is 0.206. The van der Waals surface area contributed by atoms with Gasteiger partial charge in [-0.2, -0.15) is 4.98 Å². The molecule has 1 aliphatic rings. The molecule has 0 radical (unpaired) electrons. The Hall–Kier alpha value is -2.46. The Kier molecular flexibility index (Phi) is 7.97. The molecule has 4 rings (SSSR count). The van der Waals surface area contributed by atoms with Gasteiger partial charge >= 0.3 is 0 Å². The van der Waals surface area contributed by atoms with E-state index in [1.54, 1.807) is 23.5 Å². The van der Waals surface area contributed by atoms with E-state index >= 15 is 0 Å². The zero-order valence-corrected chi connectivity index (χ0v) is 20.7. The van der Waals surface area contributed by atoms with Crippen molar-refractivity contribution in [2.45, 2.75) is 31.7 Å². The summed E-state index contributed by atoms with van der Waals surface area (Å²) in [7, 11) is 0. The van der Waals surface area contributed by atoms with E-state index in [9.17, 15) is 9.18 Å². The molecule has 33 heavy (non-hydrogen) atoms. The van der Waals surface area contributed by atoms with Crippen LogP contribution in [0.1, 0.15) is 26.7 Å². The summed E-state index contributed by atoms with van der Waals surface area (Å²) in [4.78, 5) is 32.7. The molecule has 0 atom stereocenters. The number of fused-ring (bicyclic) bond motifs is 1. The summed E-state index contributed by atoms with van der Waals surface area (Å²) >= 11 is 3.07. The van der Waals surface area contributed by atoms with E-state index in [1.807, 2.05) is 4.90 Å². The van der Waals surface area contributed by atoms with Crippen molar-refractivity contribution in [1.29, 1.82) is 0 Å². The third-order valence-electron chi connectivity index (χ3n) is 5.56. The maximum atomic E-state index is 13.2. The van der Waals surface area contributed by atoms with Crippen LogP contribution in [0.4, 0.5) is 15.2 Å². The Morgan fingerprint density at radius 2 is 1.79 bits per heavy atom. The summed E-state index contributed by atoms with van der Waals surface area (Å²) in [5.41, 5.74) is 1.69. The highest BCUT2D eigenvalue weighted by molar-refractivity contribution is 8.00. The summed E-state index contributed by atoms with van der Waals surface area (Å²) < 4.78 is 14.1. The monoisotopic (exact) mass is 488 g/mol. The van der Waals surface area contributed by atoms with Crippen molar-refractivity contribution in [3.05, 3.63) is 36.4 Å². The quantitative estimate of drug-likeness (QED) is 0.329. The highest BCUT2D eigenvalue weighted by atomic mass is 32.2. The van der Waals surface area contributed by atoms with E-state index in [4.69, 9.17) is 4.98 Å². The summed E-state index contributed by atoms with van der Waals surface area (Å²) in [5, 5.41) is 1.79. The first-order valence-corrected chi connectivity index (χ1v) is 13.2. The molecule has 0 aliphatic carbocycles. The van der Waals surface area contributed by atoms with Gasteiger partial charge in [0.1, 0.15) is 21.9 Å². The van der Waals surface area contributed by atoms with E-state index < -0.39 is 0 Å². The second kappa shape index (κ2) is 11.1. The average Bonchev–Trinajstić information content (AvgIpc) is 3.28. The second-order valence-corrected chi connectivity index (χ2v) is 9.89. The first-order chi connectivity index (χ1) is 16.1. The predicted octanol–water partition coefficient (Wildman–Crippen LogP) is 4.29. The first-order valence-electron chi connectivity index (χ1n) is 11.4. The van der Waals surface area contributed by atoms with Crippen LogP contribution in [0.25, 0.3) is 10.3 Å². The molecule has 7 nitrogen and oxygen atoms in total. The number of piperazine rings is 1. The van der Waals surface area contributed by atoms with Gasteiger partial charge in [0.05, 0.1) is 5.75 Å². The minimum absolute atomic E-state index is 0.105. The largest absolute Gasteiger partial charge is 0.368 e. The van der Waals surface area contributed by atoms with Crippen LogP contribution in [0.2, 0.25) is 0 Å². The smallest absolute Gasteiger partial charge is 0.233 e. The molecule has 3 heterocycles. The number of aromatic nitrogens is 3. The molecular weight excluding hydrogens is 459 g/mol. The van der Waals surface area contributed by atoms with E-state index in [1.165, 1.54) is 30.2 Å². The number of carbonyl (C=O) groups excluding carboxylic acids is 1. The lowest BCUT2D eigenvalue weighted by Crippen LogP contribution is -2.49. The van der Waals surface area contributed by atoms with Crippen LogP contribution in [0.15, 0.2) is 35.6 Å². The number of anilines is 2. The fourth-order valence-electron chi connectivity index (χ4n) is 3.89. The fraction of sp³-hybridized carbons (Fsp3) is 0.478. The number of rotatable bonds is 9. The van der Waals surface area contributed by atoms with Gasteiger partial charge in [-0.05, 0) is 37.1 Å². The van der Waals surface area contributed by atoms with E-state index in [0.717, 1.165) is 59.6 Å².